The van der Waals surface area contributed by atoms with Crippen LogP contribution in [0.15, 0.2) is 54.6 Å². The van der Waals surface area contributed by atoms with Crippen LogP contribution in [0.5, 0.6) is 5.75 Å². The van der Waals surface area contributed by atoms with Crippen molar-refractivity contribution in [2.75, 3.05) is 19.0 Å². The predicted octanol–water partition coefficient (Wildman–Crippen LogP) is 4.85. The number of fused-ring (bicyclic) bond motifs is 2. The Balaban J connectivity index is 1.66. The zero-order chi connectivity index (χ0) is 22.0. The highest BCUT2D eigenvalue weighted by atomic mass is 19.1. The minimum Gasteiger partial charge on any atom is -0.493 e. The highest BCUT2D eigenvalue weighted by Crippen LogP contribution is 2.35. The van der Waals surface area contributed by atoms with Crippen LogP contribution in [0.25, 0.3) is 10.8 Å². The van der Waals surface area contributed by atoms with Crippen molar-refractivity contribution >= 4 is 28.3 Å². The lowest BCUT2D eigenvalue weighted by molar-refractivity contribution is -0.134. The second kappa shape index (κ2) is 8.76. The maximum atomic E-state index is 13.6. The molecule has 0 saturated carbocycles. The number of hydrogen-bond donors (Lipinski definition) is 1. The molecule has 3 aromatic rings. The number of anilines is 1. The van der Waals surface area contributed by atoms with Crippen LogP contribution in [0.1, 0.15) is 36.8 Å². The molecular formula is C25H25FN2O3. The molecule has 4 rings (SSSR count). The minimum absolute atomic E-state index is 0.0382. The number of ether oxygens (including phenoxy) is 1. The Morgan fingerprint density at radius 3 is 2.81 bits per heavy atom. The summed E-state index contributed by atoms with van der Waals surface area (Å²) < 4.78 is 19.6. The van der Waals surface area contributed by atoms with E-state index in [0.717, 1.165) is 28.5 Å². The molecule has 0 bridgehead atoms. The van der Waals surface area contributed by atoms with E-state index in [0.29, 0.717) is 24.4 Å². The zero-order valence-electron chi connectivity index (χ0n) is 17.7. The second-order valence-corrected chi connectivity index (χ2v) is 7.84. The van der Waals surface area contributed by atoms with Crippen LogP contribution in [0.3, 0.4) is 0 Å². The van der Waals surface area contributed by atoms with Gasteiger partial charge in [-0.3, -0.25) is 9.59 Å². The van der Waals surface area contributed by atoms with Gasteiger partial charge in [0.25, 0.3) is 0 Å². The molecule has 0 fully saturated rings. The number of amides is 2. The lowest BCUT2D eigenvalue weighted by Gasteiger charge is -2.29. The average molecular weight is 420 g/mol. The summed E-state index contributed by atoms with van der Waals surface area (Å²) in [5.41, 5.74) is 1.93. The molecule has 5 nitrogen and oxygen atoms in total. The number of carbonyl (C=O) groups excluding carboxylic acids is 2. The Hall–Kier alpha value is -3.41. The van der Waals surface area contributed by atoms with Crippen molar-refractivity contribution in [2.24, 2.45) is 0 Å². The van der Waals surface area contributed by atoms with Crippen LogP contribution in [0.2, 0.25) is 0 Å². The molecule has 0 radical (unpaired) electrons. The third kappa shape index (κ3) is 4.24. The molecule has 1 aliphatic rings. The molecule has 0 spiro atoms. The summed E-state index contributed by atoms with van der Waals surface area (Å²) in [6.45, 7) is 2.98. The van der Waals surface area contributed by atoms with Gasteiger partial charge in [-0.25, -0.2) is 4.39 Å². The van der Waals surface area contributed by atoms with E-state index in [1.807, 2.05) is 43.3 Å². The Bertz CT molecular complexity index is 1140. The number of nitrogens with one attached hydrogen (secondary N) is 1. The first kappa shape index (κ1) is 20.8. The SMILES string of the molecule is CCCOc1ccc2ccccc2c1CN(C)C(=O)C1CC(=O)Nc2cc(F)ccc21. The normalized spacial score (nSPS) is 15.3. The van der Waals surface area contributed by atoms with Crippen molar-refractivity contribution in [3.8, 4) is 5.75 Å². The fraction of sp³-hybridized carbons (Fsp3) is 0.280. The Kier molecular flexibility index (Phi) is 5.89. The molecule has 31 heavy (non-hydrogen) atoms. The van der Waals surface area contributed by atoms with E-state index >= 15 is 0 Å². The highest BCUT2D eigenvalue weighted by Gasteiger charge is 2.33. The van der Waals surface area contributed by atoms with Crippen molar-refractivity contribution in [2.45, 2.75) is 32.2 Å². The van der Waals surface area contributed by atoms with Crippen LogP contribution in [-0.2, 0) is 16.1 Å². The van der Waals surface area contributed by atoms with Crippen molar-refractivity contribution < 1.29 is 18.7 Å². The molecule has 1 atom stereocenters. The molecule has 1 unspecified atom stereocenters. The van der Waals surface area contributed by atoms with Crippen LogP contribution >= 0.6 is 0 Å². The molecule has 0 saturated heterocycles. The largest absolute Gasteiger partial charge is 0.493 e. The van der Waals surface area contributed by atoms with E-state index in [-0.39, 0.29) is 18.2 Å². The van der Waals surface area contributed by atoms with E-state index in [9.17, 15) is 14.0 Å². The summed E-state index contributed by atoms with van der Waals surface area (Å²) in [5, 5.41) is 4.76. The molecule has 160 valence electrons. The number of halogens is 1. The summed E-state index contributed by atoms with van der Waals surface area (Å²) in [6.07, 6.45) is 0.919. The first-order valence-electron chi connectivity index (χ1n) is 10.5. The monoisotopic (exact) mass is 420 g/mol. The van der Waals surface area contributed by atoms with Gasteiger partial charge >= 0.3 is 0 Å². The van der Waals surface area contributed by atoms with Crippen molar-refractivity contribution in [1.29, 1.82) is 0 Å². The fourth-order valence-corrected chi connectivity index (χ4v) is 4.06. The zero-order valence-corrected chi connectivity index (χ0v) is 17.7. The second-order valence-electron chi connectivity index (χ2n) is 7.84. The molecule has 2 amide bonds. The van der Waals surface area contributed by atoms with Gasteiger partial charge in [-0.2, -0.15) is 0 Å². The number of likely N-dealkylation sites (N-methyl/N-ethyl adjacent to an activating group) is 1. The van der Waals surface area contributed by atoms with E-state index in [1.165, 1.54) is 12.1 Å². The van der Waals surface area contributed by atoms with E-state index in [1.54, 1.807) is 18.0 Å². The molecule has 1 heterocycles. The van der Waals surface area contributed by atoms with Gasteiger partial charge in [-0.05, 0) is 41.0 Å². The Labute approximate surface area is 180 Å². The van der Waals surface area contributed by atoms with Crippen molar-refractivity contribution in [1.82, 2.24) is 4.90 Å². The standard InChI is InChI=1S/C25H25FN2O3/c1-3-12-31-23-11-8-16-6-4-5-7-18(16)21(23)15-28(2)25(30)20-14-24(29)27-22-13-17(26)9-10-19(20)22/h4-11,13,20H,3,12,14-15H2,1-2H3,(H,27,29). The summed E-state index contributed by atoms with van der Waals surface area (Å²) in [5.74, 6) is -0.818. The third-order valence-corrected chi connectivity index (χ3v) is 5.58. The smallest absolute Gasteiger partial charge is 0.230 e. The Morgan fingerprint density at radius 1 is 1.19 bits per heavy atom. The summed E-state index contributed by atoms with van der Waals surface area (Å²) in [7, 11) is 1.73. The van der Waals surface area contributed by atoms with Gasteiger partial charge in [0.05, 0.1) is 12.5 Å². The van der Waals surface area contributed by atoms with E-state index in [4.69, 9.17) is 4.74 Å². The quantitative estimate of drug-likeness (QED) is 0.620. The predicted molar refractivity (Wildman–Crippen MR) is 119 cm³/mol. The van der Waals surface area contributed by atoms with Crippen LogP contribution in [0.4, 0.5) is 10.1 Å². The average Bonchev–Trinajstić information content (AvgIpc) is 2.77. The first-order chi connectivity index (χ1) is 15.0. The summed E-state index contributed by atoms with van der Waals surface area (Å²) in [4.78, 5) is 27.1. The lowest BCUT2D eigenvalue weighted by Crippen LogP contribution is -2.36. The van der Waals surface area contributed by atoms with Crippen LogP contribution in [-0.4, -0.2) is 30.4 Å². The van der Waals surface area contributed by atoms with Crippen molar-refractivity contribution in [3.63, 3.8) is 0 Å². The number of hydrogen-bond acceptors (Lipinski definition) is 3. The van der Waals surface area contributed by atoms with Crippen molar-refractivity contribution in [3.05, 3.63) is 71.5 Å². The third-order valence-electron chi connectivity index (χ3n) is 5.58. The number of nitrogens with zero attached hydrogens (tertiary/aromatic N) is 1. The number of rotatable bonds is 6. The van der Waals surface area contributed by atoms with Gasteiger partial charge in [0, 0.05) is 31.3 Å². The fourth-order valence-electron chi connectivity index (χ4n) is 4.06. The maximum absolute atomic E-state index is 13.6. The minimum atomic E-state index is -0.649. The van der Waals surface area contributed by atoms with Gasteiger partial charge in [-0.15, -0.1) is 0 Å². The van der Waals surface area contributed by atoms with Gasteiger partial charge in [0.15, 0.2) is 0 Å². The molecular weight excluding hydrogens is 395 g/mol. The number of carbonyl (C=O) groups is 2. The first-order valence-corrected chi connectivity index (χ1v) is 10.5. The van der Waals surface area contributed by atoms with Gasteiger partial charge < -0.3 is 15.0 Å². The molecule has 0 aromatic heterocycles. The maximum Gasteiger partial charge on any atom is 0.230 e. The molecule has 1 aliphatic heterocycles. The highest BCUT2D eigenvalue weighted by molar-refractivity contribution is 6.01. The summed E-state index contributed by atoms with van der Waals surface area (Å²) >= 11 is 0. The van der Waals surface area contributed by atoms with Gasteiger partial charge in [0.2, 0.25) is 11.8 Å². The molecule has 3 aromatic carbocycles. The molecule has 6 heteroatoms. The van der Waals surface area contributed by atoms with Gasteiger partial charge in [0.1, 0.15) is 11.6 Å². The van der Waals surface area contributed by atoms with Crippen LogP contribution < -0.4 is 10.1 Å². The summed E-state index contributed by atoms with van der Waals surface area (Å²) in [6, 6.07) is 16.1. The van der Waals surface area contributed by atoms with E-state index < -0.39 is 11.7 Å². The Morgan fingerprint density at radius 2 is 2.00 bits per heavy atom. The lowest BCUT2D eigenvalue weighted by atomic mass is 9.89. The number of benzene rings is 3. The van der Waals surface area contributed by atoms with Crippen LogP contribution in [0, 0.1) is 5.82 Å². The molecule has 1 N–H and O–H groups in total. The topological polar surface area (TPSA) is 58.6 Å². The molecule has 0 aliphatic carbocycles. The van der Waals surface area contributed by atoms with E-state index in [2.05, 4.69) is 5.32 Å². The van der Waals surface area contributed by atoms with Gasteiger partial charge in [-0.1, -0.05) is 43.3 Å².